The van der Waals surface area contributed by atoms with Crippen LogP contribution in [0.15, 0.2) is 52.4 Å². The van der Waals surface area contributed by atoms with E-state index in [-0.39, 0.29) is 5.56 Å². The molecule has 130 valence electrons. The Labute approximate surface area is 150 Å². The van der Waals surface area contributed by atoms with Gasteiger partial charge in [0.1, 0.15) is 0 Å². The van der Waals surface area contributed by atoms with Crippen LogP contribution < -0.4 is 15.0 Å². The molecule has 0 aliphatic heterocycles. The minimum atomic E-state index is -0.0866. The standard InChI is InChI=1S/C19H20N2O3S/c1-4-11-25-19-20-15-8-6-5-7-14(15)18(22)21(19)13-9-10-16(23-2)17(12-13)24-3/h5-10,12H,4,11H2,1-3H3. The molecular weight excluding hydrogens is 336 g/mol. The van der Waals surface area contributed by atoms with E-state index in [2.05, 4.69) is 6.92 Å². The number of hydrogen-bond donors (Lipinski definition) is 0. The van der Waals surface area contributed by atoms with Crippen LogP contribution in [-0.2, 0) is 0 Å². The van der Waals surface area contributed by atoms with Gasteiger partial charge in [-0.3, -0.25) is 9.36 Å². The van der Waals surface area contributed by atoms with Gasteiger partial charge in [-0.2, -0.15) is 0 Å². The summed E-state index contributed by atoms with van der Waals surface area (Å²) in [6.07, 6.45) is 0.999. The van der Waals surface area contributed by atoms with E-state index in [1.54, 1.807) is 48.7 Å². The SMILES string of the molecule is CCCSc1nc2ccccc2c(=O)n1-c1ccc(OC)c(OC)c1. The molecule has 0 spiro atoms. The predicted octanol–water partition coefficient (Wildman–Crippen LogP) is 3.91. The van der Waals surface area contributed by atoms with Crippen LogP contribution in [0, 0.1) is 0 Å². The summed E-state index contributed by atoms with van der Waals surface area (Å²) >= 11 is 1.57. The molecule has 1 heterocycles. The quantitative estimate of drug-likeness (QED) is 0.495. The van der Waals surface area contributed by atoms with Crippen LogP contribution >= 0.6 is 11.8 Å². The molecule has 0 atom stereocenters. The van der Waals surface area contributed by atoms with Gasteiger partial charge in [-0.1, -0.05) is 30.8 Å². The van der Waals surface area contributed by atoms with Crippen molar-refractivity contribution < 1.29 is 9.47 Å². The van der Waals surface area contributed by atoms with Gasteiger partial charge < -0.3 is 9.47 Å². The highest BCUT2D eigenvalue weighted by molar-refractivity contribution is 7.99. The van der Waals surface area contributed by atoms with Crippen LogP contribution in [0.5, 0.6) is 11.5 Å². The molecule has 3 rings (SSSR count). The lowest BCUT2D eigenvalue weighted by Crippen LogP contribution is -2.21. The fourth-order valence-electron chi connectivity index (χ4n) is 2.59. The van der Waals surface area contributed by atoms with Crippen molar-refractivity contribution in [3.05, 3.63) is 52.8 Å². The van der Waals surface area contributed by atoms with Crippen LogP contribution in [-0.4, -0.2) is 29.5 Å². The zero-order chi connectivity index (χ0) is 17.8. The predicted molar refractivity (Wildman–Crippen MR) is 101 cm³/mol. The number of rotatable bonds is 6. The third-order valence-electron chi connectivity index (χ3n) is 3.81. The average molecular weight is 356 g/mol. The smallest absolute Gasteiger partial charge is 0.266 e. The largest absolute Gasteiger partial charge is 0.493 e. The molecule has 0 N–H and O–H groups in total. The van der Waals surface area contributed by atoms with E-state index in [4.69, 9.17) is 14.5 Å². The van der Waals surface area contributed by atoms with Gasteiger partial charge in [-0.15, -0.1) is 0 Å². The van der Waals surface area contributed by atoms with Gasteiger partial charge in [-0.05, 0) is 30.7 Å². The lowest BCUT2D eigenvalue weighted by Gasteiger charge is -2.15. The molecule has 3 aromatic rings. The fraction of sp³-hybridized carbons (Fsp3) is 0.263. The number of benzene rings is 2. The number of para-hydroxylation sites is 1. The molecular formula is C19H20N2O3S. The van der Waals surface area contributed by atoms with Crippen molar-refractivity contribution in [1.82, 2.24) is 9.55 Å². The number of ether oxygens (including phenoxy) is 2. The summed E-state index contributed by atoms with van der Waals surface area (Å²) in [7, 11) is 3.17. The summed E-state index contributed by atoms with van der Waals surface area (Å²) < 4.78 is 12.3. The van der Waals surface area contributed by atoms with Crippen molar-refractivity contribution in [1.29, 1.82) is 0 Å². The maximum Gasteiger partial charge on any atom is 0.266 e. The molecule has 0 unspecified atom stereocenters. The second kappa shape index (κ2) is 7.61. The fourth-order valence-corrected chi connectivity index (χ4v) is 3.46. The minimum absolute atomic E-state index is 0.0866. The van der Waals surface area contributed by atoms with E-state index in [0.717, 1.165) is 12.2 Å². The molecule has 0 saturated heterocycles. The Kier molecular flexibility index (Phi) is 5.28. The van der Waals surface area contributed by atoms with E-state index >= 15 is 0 Å². The van der Waals surface area contributed by atoms with E-state index in [1.165, 1.54) is 0 Å². The van der Waals surface area contributed by atoms with Crippen LogP contribution in [0.1, 0.15) is 13.3 Å². The maximum atomic E-state index is 13.1. The maximum absolute atomic E-state index is 13.1. The van der Waals surface area contributed by atoms with Crippen molar-refractivity contribution in [2.75, 3.05) is 20.0 Å². The Bertz CT molecular complexity index is 953. The normalized spacial score (nSPS) is 10.8. The first-order valence-electron chi connectivity index (χ1n) is 8.06. The highest BCUT2D eigenvalue weighted by atomic mass is 32.2. The zero-order valence-corrected chi connectivity index (χ0v) is 15.3. The number of thioether (sulfide) groups is 1. The second-order valence-corrected chi connectivity index (χ2v) is 6.50. The molecule has 0 fully saturated rings. The average Bonchev–Trinajstić information content (AvgIpc) is 2.66. The molecule has 0 bridgehead atoms. The van der Waals surface area contributed by atoms with Crippen molar-refractivity contribution in [3.8, 4) is 17.2 Å². The molecule has 0 saturated carbocycles. The van der Waals surface area contributed by atoms with Gasteiger partial charge >= 0.3 is 0 Å². The first-order chi connectivity index (χ1) is 12.2. The lowest BCUT2D eigenvalue weighted by molar-refractivity contribution is 0.354. The summed E-state index contributed by atoms with van der Waals surface area (Å²) in [5.74, 6) is 2.08. The van der Waals surface area contributed by atoms with Gasteiger partial charge in [0.05, 0.1) is 30.8 Å². The molecule has 1 aromatic heterocycles. The summed E-state index contributed by atoms with van der Waals surface area (Å²) in [6.45, 7) is 2.10. The van der Waals surface area contributed by atoms with Crippen molar-refractivity contribution in [2.45, 2.75) is 18.5 Å². The van der Waals surface area contributed by atoms with E-state index in [9.17, 15) is 4.79 Å². The van der Waals surface area contributed by atoms with Crippen molar-refractivity contribution in [2.24, 2.45) is 0 Å². The Balaban J connectivity index is 2.26. The van der Waals surface area contributed by atoms with Gasteiger partial charge in [-0.25, -0.2) is 4.98 Å². The number of methoxy groups -OCH3 is 2. The van der Waals surface area contributed by atoms with Crippen molar-refractivity contribution in [3.63, 3.8) is 0 Å². The highest BCUT2D eigenvalue weighted by Gasteiger charge is 2.15. The summed E-state index contributed by atoms with van der Waals surface area (Å²) in [5.41, 5.74) is 1.33. The molecule has 2 aromatic carbocycles. The summed E-state index contributed by atoms with van der Waals surface area (Å²) in [5, 5.41) is 1.27. The van der Waals surface area contributed by atoms with Gasteiger partial charge in [0.25, 0.3) is 5.56 Å². The first kappa shape index (κ1) is 17.4. The van der Waals surface area contributed by atoms with Gasteiger partial charge in [0, 0.05) is 11.8 Å². The third-order valence-corrected chi connectivity index (χ3v) is 4.95. The van der Waals surface area contributed by atoms with Gasteiger partial charge in [0.15, 0.2) is 16.7 Å². The summed E-state index contributed by atoms with van der Waals surface area (Å²) in [4.78, 5) is 17.8. The van der Waals surface area contributed by atoms with Crippen LogP contribution in [0.2, 0.25) is 0 Å². The first-order valence-corrected chi connectivity index (χ1v) is 9.05. The monoisotopic (exact) mass is 356 g/mol. The van der Waals surface area contributed by atoms with Crippen molar-refractivity contribution >= 4 is 22.7 Å². The highest BCUT2D eigenvalue weighted by Crippen LogP contribution is 2.30. The van der Waals surface area contributed by atoms with Crippen LogP contribution in [0.3, 0.4) is 0 Å². The number of nitrogens with zero attached hydrogens (tertiary/aromatic N) is 2. The Hall–Kier alpha value is -2.47. The minimum Gasteiger partial charge on any atom is -0.493 e. The molecule has 5 nitrogen and oxygen atoms in total. The number of fused-ring (bicyclic) bond motifs is 1. The molecule has 6 heteroatoms. The van der Waals surface area contributed by atoms with Crippen LogP contribution in [0.25, 0.3) is 16.6 Å². The Morgan fingerprint density at radius 1 is 1.08 bits per heavy atom. The molecule has 0 radical (unpaired) electrons. The van der Waals surface area contributed by atoms with E-state index in [0.29, 0.717) is 33.2 Å². The van der Waals surface area contributed by atoms with Crippen LogP contribution in [0.4, 0.5) is 0 Å². The summed E-state index contributed by atoms with van der Waals surface area (Å²) in [6, 6.07) is 12.8. The number of hydrogen-bond acceptors (Lipinski definition) is 5. The van der Waals surface area contributed by atoms with E-state index in [1.807, 2.05) is 24.3 Å². The Morgan fingerprint density at radius 2 is 1.84 bits per heavy atom. The Morgan fingerprint density at radius 3 is 2.56 bits per heavy atom. The third kappa shape index (κ3) is 3.35. The van der Waals surface area contributed by atoms with Gasteiger partial charge in [0.2, 0.25) is 0 Å². The van der Waals surface area contributed by atoms with E-state index < -0.39 is 0 Å². The zero-order valence-electron chi connectivity index (χ0n) is 14.5. The lowest BCUT2D eigenvalue weighted by atomic mass is 10.2. The molecule has 0 aliphatic rings. The molecule has 0 aliphatic carbocycles. The number of aromatic nitrogens is 2. The second-order valence-electron chi connectivity index (χ2n) is 5.44. The topological polar surface area (TPSA) is 53.4 Å². The molecule has 0 amide bonds. The molecule has 25 heavy (non-hydrogen) atoms.